The molecule has 1 aliphatic rings. The molecule has 1 aromatic carbocycles. The number of fused-ring (bicyclic) bond motifs is 2. The van der Waals surface area contributed by atoms with Crippen molar-refractivity contribution in [2.75, 3.05) is 6.79 Å². The molecule has 0 bridgehead atoms. The number of ether oxygens (including phenoxy) is 2. The van der Waals surface area contributed by atoms with Crippen molar-refractivity contribution in [3.8, 4) is 11.5 Å². The molecule has 0 radical (unpaired) electrons. The molecular formula is C15H12N4O3. The number of carbonyl (C=O) groups excluding carboxylic acids is 1. The normalized spacial score (nSPS) is 12.5. The van der Waals surface area contributed by atoms with Gasteiger partial charge in [-0.05, 0) is 17.7 Å². The quantitative estimate of drug-likeness (QED) is 0.790. The van der Waals surface area contributed by atoms with E-state index in [0.29, 0.717) is 23.6 Å². The average Bonchev–Trinajstić information content (AvgIpc) is 3.20. The Labute approximate surface area is 125 Å². The van der Waals surface area contributed by atoms with Crippen LogP contribution in [0.3, 0.4) is 0 Å². The Morgan fingerprint density at radius 2 is 2.00 bits per heavy atom. The molecule has 1 amide bonds. The van der Waals surface area contributed by atoms with Crippen molar-refractivity contribution >= 4 is 11.6 Å². The minimum Gasteiger partial charge on any atom is -0.454 e. The third kappa shape index (κ3) is 2.12. The van der Waals surface area contributed by atoms with Crippen molar-refractivity contribution in [2.24, 2.45) is 0 Å². The zero-order valence-electron chi connectivity index (χ0n) is 11.5. The lowest BCUT2D eigenvalue weighted by atomic mass is 10.2. The van der Waals surface area contributed by atoms with Crippen LogP contribution in [0, 0.1) is 0 Å². The highest BCUT2D eigenvalue weighted by Gasteiger charge is 2.15. The fourth-order valence-electron chi connectivity index (χ4n) is 2.33. The molecule has 7 heteroatoms. The van der Waals surface area contributed by atoms with Crippen LogP contribution in [0.15, 0.2) is 43.0 Å². The summed E-state index contributed by atoms with van der Waals surface area (Å²) in [5.41, 5.74) is 1.76. The van der Waals surface area contributed by atoms with Crippen LogP contribution in [0.1, 0.15) is 16.1 Å². The van der Waals surface area contributed by atoms with E-state index in [1.807, 2.05) is 18.2 Å². The molecule has 4 rings (SSSR count). The van der Waals surface area contributed by atoms with Crippen LogP contribution in [0.25, 0.3) is 5.65 Å². The fourth-order valence-corrected chi connectivity index (χ4v) is 2.33. The molecule has 0 fully saturated rings. The van der Waals surface area contributed by atoms with Crippen LogP contribution >= 0.6 is 0 Å². The number of aromatic nitrogens is 3. The molecule has 0 aliphatic carbocycles. The SMILES string of the molecule is O=C(NCc1ccc2c(c1)OCO2)c1nccn2ccnc12. The van der Waals surface area contributed by atoms with Gasteiger partial charge in [0.25, 0.3) is 5.91 Å². The summed E-state index contributed by atoms with van der Waals surface area (Å²) < 4.78 is 12.3. The van der Waals surface area contributed by atoms with Crippen molar-refractivity contribution in [1.29, 1.82) is 0 Å². The molecule has 0 unspecified atom stereocenters. The van der Waals surface area contributed by atoms with Gasteiger partial charge in [0.05, 0.1) is 0 Å². The highest BCUT2D eigenvalue weighted by atomic mass is 16.7. The summed E-state index contributed by atoms with van der Waals surface area (Å²) in [4.78, 5) is 20.5. The molecule has 0 atom stereocenters. The van der Waals surface area contributed by atoms with Gasteiger partial charge in [-0.15, -0.1) is 0 Å². The molecule has 0 saturated carbocycles. The number of amides is 1. The minimum absolute atomic E-state index is 0.233. The highest BCUT2D eigenvalue weighted by Crippen LogP contribution is 2.32. The van der Waals surface area contributed by atoms with Crippen LogP contribution in [0.4, 0.5) is 0 Å². The van der Waals surface area contributed by atoms with Crippen molar-refractivity contribution < 1.29 is 14.3 Å². The van der Waals surface area contributed by atoms with Gasteiger partial charge in [0.15, 0.2) is 22.8 Å². The minimum atomic E-state index is -0.269. The van der Waals surface area contributed by atoms with E-state index in [2.05, 4.69) is 15.3 Å². The molecule has 3 aromatic rings. The number of benzene rings is 1. The van der Waals surface area contributed by atoms with Crippen LogP contribution in [-0.2, 0) is 6.54 Å². The molecule has 3 heterocycles. The maximum Gasteiger partial charge on any atom is 0.274 e. The van der Waals surface area contributed by atoms with Gasteiger partial charge < -0.3 is 19.2 Å². The molecule has 1 N–H and O–H groups in total. The molecule has 22 heavy (non-hydrogen) atoms. The van der Waals surface area contributed by atoms with Crippen LogP contribution < -0.4 is 14.8 Å². The Hall–Kier alpha value is -3.09. The molecular weight excluding hydrogens is 284 g/mol. The summed E-state index contributed by atoms with van der Waals surface area (Å²) in [6.45, 7) is 0.607. The molecule has 0 spiro atoms. The van der Waals surface area contributed by atoms with Crippen LogP contribution in [0.2, 0.25) is 0 Å². The maximum atomic E-state index is 12.3. The van der Waals surface area contributed by atoms with Crippen molar-refractivity contribution in [1.82, 2.24) is 19.7 Å². The second-order valence-corrected chi connectivity index (χ2v) is 4.80. The zero-order chi connectivity index (χ0) is 14.9. The van der Waals surface area contributed by atoms with Gasteiger partial charge in [0, 0.05) is 31.3 Å². The predicted octanol–water partition coefficient (Wildman–Crippen LogP) is 1.39. The summed E-state index contributed by atoms with van der Waals surface area (Å²) in [5.74, 6) is 1.15. The summed E-state index contributed by atoms with van der Waals surface area (Å²) in [6, 6.07) is 5.57. The Morgan fingerprint density at radius 3 is 2.91 bits per heavy atom. The maximum absolute atomic E-state index is 12.3. The Morgan fingerprint density at radius 1 is 1.18 bits per heavy atom. The van der Waals surface area contributed by atoms with Crippen molar-refractivity contribution in [3.05, 3.63) is 54.2 Å². The third-order valence-corrected chi connectivity index (χ3v) is 3.42. The van der Waals surface area contributed by atoms with E-state index in [4.69, 9.17) is 9.47 Å². The Kier molecular flexibility index (Phi) is 2.89. The van der Waals surface area contributed by atoms with Gasteiger partial charge >= 0.3 is 0 Å². The van der Waals surface area contributed by atoms with Crippen molar-refractivity contribution in [3.63, 3.8) is 0 Å². The number of nitrogens with one attached hydrogen (secondary N) is 1. The number of carbonyl (C=O) groups is 1. The third-order valence-electron chi connectivity index (χ3n) is 3.42. The predicted molar refractivity (Wildman–Crippen MR) is 76.7 cm³/mol. The van der Waals surface area contributed by atoms with Crippen LogP contribution in [0.5, 0.6) is 11.5 Å². The smallest absolute Gasteiger partial charge is 0.274 e. The van der Waals surface area contributed by atoms with E-state index in [-0.39, 0.29) is 12.7 Å². The number of nitrogens with zero attached hydrogens (tertiary/aromatic N) is 3. The van der Waals surface area contributed by atoms with Gasteiger partial charge in [0.1, 0.15) is 0 Å². The lowest BCUT2D eigenvalue weighted by molar-refractivity contribution is 0.0947. The molecule has 2 aromatic heterocycles. The van der Waals surface area contributed by atoms with Crippen LogP contribution in [-0.4, -0.2) is 27.1 Å². The van der Waals surface area contributed by atoms with E-state index in [1.165, 1.54) is 0 Å². The summed E-state index contributed by atoms with van der Waals surface area (Å²) in [7, 11) is 0. The lowest BCUT2D eigenvalue weighted by Gasteiger charge is -2.06. The van der Waals surface area contributed by atoms with E-state index < -0.39 is 0 Å². The highest BCUT2D eigenvalue weighted by molar-refractivity contribution is 5.97. The summed E-state index contributed by atoms with van der Waals surface area (Å²) in [6.07, 6.45) is 6.72. The van der Waals surface area contributed by atoms with E-state index in [9.17, 15) is 4.79 Å². The first-order valence-electron chi connectivity index (χ1n) is 6.76. The lowest BCUT2D eigenvalue weighted by Crippen LogP contribution is -2.24. The fraction of sp³-hybridized carbons (Fsp3) is 0.133. The number of imidazole rings is 1. The first-order valence-corrected chi connectivity index (χ1v) is 6.76. The molecule has 1 aliphatic heterocycles. The Balaban J connectivity index is 1.52. The van der Waals surface area contributed by atoms with E-state index >= 15 is 0 Å². The van der Waals surface area contributed by atoms with Gasteiger partial charge in [-0.1, -0.05) is 6.07 Å². The largest absolute Gasteiger partial charge is 0.454 e. The monoisotopic (exact) mass is 296 g/mol. The number of hydrogen-bond donors (Lipinski definition) is 1. The van der Waals surface area contributed by atoms with Gasteiger partial charge in [-0.3, -0.25) is 4.79 Å². The topological polar surface area (TPSA) is 77.8 Å². The van der Waals surface area contributed by atoms with Gasteiger partial charge in [0.2, 0.25) is 6.79 Å². The first-order chi connectivity index (χ1) is 10.8. The van der Waals surface area contributed by atoms with Gasteiger partial charge in [-0.2, -0.15) is 0 Å². The molecule has 0 saturated heterocycles. The number of rotatable bonds is 3. The van der Waals surface area contributed by atoms with E-state index in [0.717, 1.165) is 11.3 Å². The molecule has 7 nitrogen and oxygen atoms in total. The second-order valence-electron chi connectivity index (χ2n) is 4.80. The van der Waals surface area contributed by atoms with Crippen molar-refractivity contribution in [2.45, 2.75) is 6.54 Å². The van der Waals surface area contributed by atoms with Gasteiger partial charge in [-0.25, -0.2) is 9.97 Å². The zero-order valence-corrected chi connectivity index (χ0v) is 11.5. The number of hydrogen-bond acceptors (Lipinski definition) is 5. The summed E-state index contributed by atoms with van der Waals surface area (Å²) >= 11 is 0. The average molecular weight is 296 g/mol. The Bertz CT molecular complexity index is 859. The molecule has 110 valence electrons. The second kappa shape index (κ2) is 5.03. The van der Waals surface area contributed by atoms with E-state index in [1.54, 1.807) is 29.2 Å². The first kappa shape index (κ1) is 12.6. The standard InChI is InChI=1S/C15H12N4O3/c20-15(13-14-17-4-6-19(14)5-3-16-13)18-8-10-1-2-11-12(7-10)22-9-21-11/h1-7H,8-9H2,(H,18,20). The summed E-state index contributed by atoms with van der Waals surface area (Å²) in [5, 5.41) is 2.84.